The number of carbonyl (C=O) groups is 1. The minimum atomic E-state index is -0.345. The van der Waals surface area contributed by atoms with Gasteiger partial charge in [0.05, 0.1) is 5.60 Å². The summed E-state index contributed by atoms with van der Waals surface area (Å²) in [6.45, 7) is 9.72. The first-order valence-electron chi connectivity index (χ1n) is 8.15. The predicted molar refractivity (Wildman–Crippen MR) is 94.2 cm³/mol. The molecule has 1 aromatic carbocycles. The Hall–Kier alpha value is -1.43. The summed E-state index contributed by atoms with van der Waals surface area (Å²) in [5.74, 6) is -0.0835. The van der Waals surface area contributed by atoms with E-state index in [1.807, 2.05) is 39.8 Å². The Bertz CT molecular complexity index is 495. The molecule has 0 heterocycles. The van der Waals surface area contributed by atoms with E-state index in [0.29, 0.717) is 25.3 Å². The van der Waals surface area contributed by atoms with Gasteiger partial charge in [0.15, 0.2) is 0 Å². The molecule has 0 saturated carbocycles. The Morgan fingerprint density at radius 2 is 1.70 bits per heavy atom. The molecule has 0 aliphatic carbocycles. The smallest absolute Gasteiger partial charge is 0.251 e. The quantitative estimate of drug-likeness (QED) is 0.650. The van der Waals surface area contributed by atoms with E-state index in [-0.39, 0.29) is 17.0 Å². The summed E-state index contributed by atoms with van der Waals surface area (Å²) in [6, 6.07) is 7.35. The number of rotatable bonds is 9. The molecule has 23 heavy (non-hydrogen) atoms. The molecular formula is C18H31N3O2. The van der Waals surface area contributed by atoms with Crippen molar-refractivity contribution < 1.29 is 9.53 Å². The van der Waals surface area contributed by atoms with Crippen LogP contribution in [0.25, 0.3) is 0 Å². The van der Waals surface area contributed by atoms with Crippen molar-refractivity contribution in [3.63, 3.8) is 0 Å². The van der Waals surface area contributed by atoms with Gasteiger partial charge in [0.25, 0.3) is 5.91 Å². The van der Waals surface area contributed by atoms with E-state index in [1.165, 1.54) is 0 Å². The number of carbonyl (C=O) groups excluding carboxylic acids is 1. The van der Waals surface area contributed by atoms with Gasteiger partial charge in [0, 0.05) is 24.3 Å². The average molecular weight is 321 g/mol. The van der Waals surface area contributed by atoms with Crippen molar-refractivity contribution in [2.75, 3.05) is 13.2 Å². The fourth-order valence-electron chi connectivity index (χ4n) is 2.24. The van der Waals surface area contributed by atoms with Crippen LogP contribution in [0, 0.1) is 0 Å². The maximum absolute atomic E-state index is 12.3. The first-order chi connectivity index (χ1) is 10.7. The van der Waals surface area contributed by atoms with Crippen LogP contribution in [0.3, 0.4) is 0 Å². The zero-order chi connectivity index (χ0) is 17.5. The molecule has 0 radical (unpaired) electrons. The van der Waals surface area contributed by atoms with Gasteiger partial charge in [-0.1, -0.05) is 12.1 Å². The lowest BCUT2D eigenvalue weighted by molar-refractivity contribution is -0.0286. The summed E-state index contributed by atoms with van der Waals surface area (Å²) in [7, 11) is 0. The Labute approximate surface area is 139 Å². The SMILES string of the molecule is CC(C)(CCOC(C)(C)CCN)NC(=O)c1ccc(CN)cc1. The molecule has 0 aliphatic rings. The highest BCUT2D eigenvalue weighted by molar-refractivity contribution is 5.94. The normalized spacial score (nSPS) is 12.3. The van der Waals surface area contributed by atoms with Crippen molar-refractivity contribution in [2.45, 2.75) is 58.2 Å². The molecule has 1 rings (SSSR count). The van der Waals surface area contributed by atoms with E-state index in [9.17, 15) is 4.79 Å². The zero-order valence-electron chi connectivity index (χ0n) is 14.8. The number of ether oxygens (including phenoxy) is 1. The molecule has 5 heteroatoms. The molecule has 0 fully saturated rings. The number of hydrogen-bond acceptors (Lipinski definition) is 4. The van der Waals surface area contributed by atoms with Crippen LogP contribution >= 0.6 is 0 Å². The van der Waals surface area contributed by atoms with Crippen molar-refractivity contribution in [1.29, 1.82) is 0 Å². The molecule has 0 spiro atoms. The molecule has 0 aromatic heterocycles. The Morgan fingerprint density at radius 1 is 1.09 bits per heavy atom. The molecule has 5 N–H and O–H groups in total. The van der Waals surface area contributed by atoms with Crippen LogP contribution < -0.4 is 16.8 Å². The lowest BCUT2D eigenvalue weighted by Crippen LogP contribution is -2.44. The third kappa shape index (κ3) is 7.12. The van der Waals surface area contributed by atoms with Crippen molar-refractivity contribution in [1.82, 2.24) is 5.32 Å². The van der Waals surface area contributed by atoms with Gasteiger partial charge in [0.1, 0.15) is 0 Å². The number of nitrogens with one attached hydrogen (secondary N) is 1. The van der Waals surface area contributed by atoms with E-state index >= 15 is 0 Å². The summed E-state index contributed by atoms with van der Waals surface area (Å²) < 4.78 is 5.88. The van der Waals surface area contributed by atoms with Gasteiger partial charge in [-0.15, -0.1) is 0 Å². The maximum atomic E-state index is 12.3. The Kier molecular flexibility index (Phi) is 7.19. The molecule has 1 aromatic rings. The third-order valence-electron chi connectivity index (χ3n) is 3.87. The highest BCUT2D eigenvalue weighted by Crippen LogP contribution is 2.17. The van der Waals surface area contributed by atoms with Crippen molar-refractivity contribution in [2.24, 2.45) is 11.5 Å². The monoisotopic (exact) mass is 321 g/mol. The second kappa shape index (κ2) is 8.43. The fourth-order valence-corrected chi connectivity index (χ4v) is 2.24. The fraction of sp³-hybridized carbons (Fsp3) is 0.611. The van der Waals surface area contributed by atoms with Crippen molar-refractivity contribution >= 4 is 5.91 Å². The van der Waals surface area contributed by atoms with Gasteiger partial charge in [-0.25, -0.2) is 0 Å². The topological polar surface area (TPSA) is 90.4 Å². The highest BCUT2D eigenvalue weighted by Gasteiger charge is 2.23. The molecule has 0 atom stereocenters. The first-order valence-corrected chi connectivity index (χ1v) is 8.15. The van der Waals surface area contributed by atoms with Gasteiger partial charge >= 0.3 is 0 Å². The summed E-state index contributed by atoms with van der Waals surface area (Å²) >= 11 is 0. The summed E-state index contributed by atoms with van der Waals surface area (Å²) in [5.41, 5.74) is 12.2. The zero-order valence-corrected chi connectivity index (χ0v) is 14.8. The van der Waals surface area contributed by atoms with Crippen LogP contribution in [0.2, 0.25) is 0 Å². The molecule has 0 saturated heterocycles. The first kappa shape index (κ1) is 19.6. The van der Waals surface area contributed by atoms with Crippen molar-refractivity contribution in [3.05, 3.63) is 35.4 Å². The highest BCUT2D eigenvalue weighted by atomic mass is 16.5. The van der Waals surface area contributed by atoms with Gasteiger partial charge in [-0.05, 0) is 64.8 Å². The van der Waals surface area contributed by atoms with Gasteiger partial charge in [0.2, 0.25) is 0 Å². The van der Waals surface area contributed by atoms with Gasteiger partial charge < -0.3 is 21.5 Å². The second-order valence-electron chi connectivity index (χ2n) is 7.14. The molecule has 0 bridgehead atoms. The number of benzene rings is 1. The molecule has 0 unspecified atom stereocenters. The van der Waals surface area contributed by atoms with Crippen LogP contribution in [-0.4, -0.2) is 30.2 Å². The van der Waals surface area contributed by atoms with Crippen LogP contribution in [0.1, 0.15) is 56.5 Å². The lowest BCUT2D eigenvalue weighted by atomic mass is 9.99. The van der Waals surface area contributed by atoms with Crippen LogP contribution in [0.15, 0.2) is 24.3 Å². The van der Waals surface area contributed by atoms with E-state index in [4.69, 9.17) is 16.2 Å². The van der Waals surface area contributed by atoms with E-state index in [1.54, 1.807) is 12.1 Å². The van der Waals surface area contributed by atoms with Gasteiger partial charge in [-0.2, -0.15) is 0 Å². The van der Waals surface area contributed by atoms with E-state index < -0.39 is 0 Å². The summed E-state index contributed by atoms with van der Waals surface area (Å²) in [4.78, 5) is 12.3. The number of amides is 1. The summed E-state index contributed by atoms with van der Waals surface area (Å²) in [6.07, 6.45) is 1.54. The molecule has 130 valence electrons. The number of hydrogen-bond donors (Lipinski definition) is 3. The predicted octanol–water partition coefficient (Wildman–Crippen LogP) is 2.19. The second-order valence-corrected chi connectivity index (χ2v) is 7.14. The minimum Gasteiger partial charge on any atom is -0.375 e. The largest absolute Gasteiger partial charge is 0.375 e. The van der Waals surface area contributed by atoms with E-state index in [2.05, 4.69) is 5.32 Å². The third-order valence-corrected chi connectivity index (χ3v) is 3.87. The lowest BCUT2D eigenvalue weighted by Gasteiger charge is -2.30. The van der Waals surface area contributed by atoms with Crippen molar-refractivity contribution in [3.8, 4) is 0 Å². The molecule has 5 nitrogen and oxygen atoms in total. The van der Waals surface area contributed by atoms with Gasteiger partial charge in [-0.3, -0.25) is 4.79 Å². The molecule has 1 amide bonds. The Morgan fingerprint density at radius 3 is 2.22 bits per heavy atom. The van der Waals surface area contributed by atoms with Crippen LogP contribution in [0.5, 0.6) is 0 Å². The average Bonchev–Trinajstić information content (AvgIpc) is 2.46. The molecule has 0 aliphatic heterocycles. The molecular weight excluding hydrogens is 290 g/mol. The maximum Gasteiger partial charge on any atom is 0.251 e. The standard InChI is InChI=1S/C18H31N3O2/c1-17(2,10-12-23-18(3,4)9-11-19)21-16(22)15-7-5-14(13-20)6-8-15/h5-8H,9-13,19-20H2,1-4H3,(H,21,22). The number of nitrogens with two attached hydrogens (primary N) is 2. The minimum absolute atomic E-state index is 0.0835. The summed E-state index contributed by atoms with van der Waals surface area (Å²) in [5, 5.41) is 3.05. The van der Waals surface area contributed by atoms with Crippen LogP contribution in [-0.2, 0) is 11.3 Å². The van der Waals surface area contributed by atoms with E-state index in [0.717, 1.165) is 18.4 Å². The van der Waals surface area contributed by atoms with Crippen LogP contribution in [0.4, 0.5) is 0 Å². The Balaban J connectivity index is 2.51.